The number of carbonyl (C=O) groups excluding carboxylic acids is 1. The van der Waals surface area contributed by atoms with Crippen LogP contribution in [0.2, 0.25) is 0 Å². The maximum Gasteiger partial charge on any atom is 0.271 e. The van der Waals surface area contributed by atoms with Gasteiger partial charge in [0, 0.05) is 15.6 Å². The molecule has 0 aliphatic heterocycles. The van der Waals surface area contributed by atoms with Gasteiger partial charge in [0.2, 0.25) is 0 Å². The average molecular weight is 377 g/mol. The Morgan fingerprint density at radius 3 is 2.74 bits per heavy atom. The van der Waals surface area contributed by atoms with Gasteiger partial charge in [0.1, 0.15) is 18.2 Å². The molecule has 0 aliphatic rings. The van der Waals surface area contributed by atoms with E-state index in [0.29, 0.717) is 23.5 Å². The lowest BCUT2D eigenvalue weighted by Gasteiger charge is -2.07. The molecule has 118 valence electrons. The zero-order valence-electron chi connectivity index (χ0n) is 12.1. The molecule has 0 spiro atoms. The molecule has 0 bridgehead atoms. The van der Waals surface area contributed by atoms with Crippen LogP contribution >= 0.6 is 15.9 Å². The van der Waals surface area contributed by atoms with Gasteiger partial charge >= 0.3 is 0 Å². The second-order valence-corrected chi connectivity index (χ2v) is 5.40. The summed E-state index contributed by atoms with van der Waals surface area (Å²) in [6.45, 7) is 3.96. The van der Waals surface area contributed by atoms with Gasteiger partial charge in [-0.1, -0.05) is 28.6 Å². The minimum absolute atomic E-state index is 0.320. The van der Waals surface area contributed by atoms with Crippen molar-refractivity contribution in [3.05, 3.63) is 76.5 Å². The molecule has 0 aliphatic carbocycles. The van der Waals surface area contributed by atoms with Crippen molar-refractivity contribution in [2.24, 2.45) is 5.10 Å². The third-order valence-electron chi connectivity index (χ3n) is 2.80. The predicted octanol–water partition coefficient (Wildman–Crippen LogP) is 3.92. The lowest BCUT2D eigenvalue weighted by atomic mass is 10.2. The topological polar surface area (TPSA) is 50.7 Å². The van der Waals surface area contributed by atoms with Gasteiger partial charge in [-0.2, -0.15) is 5.10 Å². The Morgan fingerprint density at radius 1 is 1.30 bits per heavy atom. The summed E-state index contributed by atoms with van der Waals surface area (Å²) in [5.74, 6) is -0.208. The Labute approximate surface area is 141 Å². The molecule has 1 amide bonds. The van der Waals surface area contributed by atoms with Crippen molar-refractivity contribution in [3.63, 3.8) is 0 Å². The van der Waals surface area contributed by atoms with Gasteiger partial charge in [-0.05, 0) is 42.5 Å². The number of halogens is 2. The first kappa shape index (κ1) is 16.9. The van der Waals surface area contributed by atoms with E-state index in [4.69, 9.17) is 4.74 Å². The van der Waals surface area contributed by atoms with Crippen LogP contribution in [0.25, 0.3) is 0 Å². The molecular formula is C17H14BrFN2O2. The Balaban J connectivity index is 2.07. The minimum atomic E-state index is -0.426. The van der Waals surface area contributed by atoms with E-state index in [1.807, 2.05) is 12.1 Å². The number of carbonyl (C=O) groups is 1. The van der Waals surface area contributed by atoms with Gasteiger partial charge in [0.05, 0.1) is 6.21 Å². The zero-order valence-corrected chi connectivity index (χ0v) is 13.7. The van der Waals surface area contributed by atoms with E-state index >= 15 is 0 Å². The quantitative estimate of drug-likeness (QED) is 0.471. The summed E-state index contributed by atoms with van der Waals surface area (Å²) in [6.07, 6.45) is 3.11. The molecule has 0 fully saturated rings. The molecule has 6 heteroatoms. The van der Waals surface area contributed by atoms with Crippen LogP contribution < -0.4 is 10.2 Å². The molecule has 0 saturated heterocycles. The summed E-state index contributed by atoms with van der Waals surface area (Å²) in [7, 11) is 0. The molecule has 0 atom stereocenters. The average Bonchev–Trinajstić information content (AvgIpc) is 2.54. The number of rotatable bonds is 6. The minimum Gasteiger partial charge on any atom is -0.489 e. The van der Waals surface area contributed by atoms with Gasteiger partial charge in [0.15, 0.2) is 0 Å². The smallest absolute Gasteiger partial charge is 0.271 e. The van der Waals surface area contributed by atoms with E-state index in [9.17, 15) is 9.18 Å². The van der Waals surface area contributed by atoms with E-state index in [1.165, 1.54) is 30.5 Å². The first-order chi connectivity index (χ1) is 11.1. The zero-order chi connectivity index (χ0) is 16.7. The Morgan fingerprint density at radius 2 is 2.04 bits per heavy atom. The first-order valence-corrected chi connectivity index (χ1v) is 7.51. The maximum atomic E-state index is 12.8. The molecular weight excluding hydrogens is 363 g/mol. The third-order valence-corrected chi connectivity index (χ3v) is 3.30. The number of amides is 1. The molecule has 23 heavy (non-hydrogen) atoms. The fourth-order valence-corrected chi connectivity index (χ4v) is 2.11. The summed E-state index contributed by atoms with van der Waals surface area (Å²) >= 11 is 3.37. The van der Waals surface area contributed by atoms with Crippen molar-refractivity contribution in [3.8, 4) is 5.75 Å². The summed E-state index contributed by atoms with van der Waals surface area (Å²) in [5.41, 5.74) is 3.40. The number of ether oxygens (including phenoxy) is 1. The van der Waals surface area contributed by atoms with Crippen molar-refractivity contribution >= 4 is 28.1 Å². The van der Waals surface area contributed by atoms with Crippen LogP contribution in [0, 0.1) is 5.82 Å². The summed E-state index contributed by atoms with van der Waals surface area (Å²) in [5, 5.41) is 3.91. The summed E-state index contributed by atoms with van der Waals surface area (Å²) < 4.78 is 19.2. The molecule has 0 heterocycles. The van der Waals surface area contributed by atoms with Crippen molar-refractivity contribution in [1.82, 2.24) is 5.43 Å². The molecule has 0 unspecified atom stereocenters. The van der Waals surface area contributed by atoms with Crippen LogP contribution in [-0.4, -0.2) is 18.7 Å². The van der Waals surface area contributed by atoms with Gasteiger partial charge in [0.25, 0.3) is 5.91 Å². The highest BCUT2D eigenvalue weighted by Crippen LogP contribution is 2.21. The molecule has 0 aromatic heterocycles. The number of benzene rings is 2. The maximum absolute atomic E-state index is 12.8. The SMILES string of the molecule is C=CCOc1ccc(Br)cc1/C=N\NC(=O)c1ccc(F)cc1. The molecule has 1 N–H and O–H groups in total. The highest BCUT2D eigenvalue weighted by atomic mass is 79.9. The Kier molecular flexibility index (Phi) is 6.05. The van der Waals surface area contributed by atoms with Crippen molar-refractivity contribution in [2.45, 2.75) is 0 Å². The van der Waals surface area contributed by atoms with Crippen LogP contribution in [0.5, 0.6) is 5.75 Å². The summed E-state index contributed by atoms with van der Waals surface area (Å²) in [6, 6.07) is 10.6. The first-order valence-electron chi connectivity index (χ1n) is 6.72. The van der Waals surface area contributed by atoms with Gasteiger partial charge in [-0.3, -0.25) is 4.79 Å². The van der Waals surface area contributed by atoms with Crippen LogP contribution in [0.1, 0.15) is 15.9 Å². The van der Waals surface area contributed by atoms with Crippen molar-refractivity contribution in [2.75, 3.05) is 6.61 Å². The number of nitrogens with zero attached hydrogens (tertiary/aromatic N) is 1. The molecule has 2 aromatic carbocycles. The normalized spacial score (nSPS) is 10.5. The van der Waals surface area contributed by atoms with Crippen LogP contribution in [0.4, 0.5) is 4.39 Å². The van der Waals surface area contributed by atoms with Crippen molar-refractivity contribution < 1.29 is 13.9 Å². The van der Waals surface area contributed by atoms with E-state index in [1.54, 1.807) is 12.1 Å². The van der Waals surface area contributed by atoms with Crippen LogP contribution in [0.15, 0.2) is 64.7 Å². The monoisotopic (exact) mass is 376 g/mol. The van der Waals surface area contributed by atoms with E-state index in [-0.39, 0.29) is 0 Å². The fraction of sp³-hybridized carbons (Fsp3) is 0.0588. The molecule has 2 aromatic rings. The highest BCUT2D eigenvalue weighted by Gasteiger charge is 2.05. The summed E-state index contributed by atoms with van der Waals surface area (Å²) in [4.78, 5) is 11.9. The van der Waals surface area contributed by atoms with E-state index < -0.39 is 11.7 Å². The van der Waals surface area contributed by atoms with Gasteiger partial charge < -0.3 is 4.74 Å². The van der Waals surface area contributed by atoms with Gasteiger partial charge in [-0.15, -0.1) is 0 Å². The lowest BCUT2D eigenvalue weighted by Crippen LogP contribution is -2.17. The second kappa shape index (κ2) is 8.24. The van der Waals surface area contributed by atoms with Gasteiger partial charge in [-0.25, -0.2) is 9.82 Å². The number of hydrogen-bond acceptors (Lipinski definition) is 3. The molecule has 2 rings (SSSR count). The molecule has 0 saturated carbocycles. The Hall–Kier alpha value is -2.47. The molecule has 4 nitrogen and oxygen atoms in total. The number of hydrazone groups is 1. The van der Waals surface area contributed by atoms with Crippen molar-refractivity contribution in [1.29, 1.82) is 0 Å². The lowest BCUT2D eigenvalue weighted by molar-refractivity contribution is 0.0955. The van der Waals surface area contributed by atoms with Crippen LogP contribution in [0.3, 0.4) is 0 Å². The second-order valence-electron chi connectivity index (χ2n) is 4.49. The van der Waals surface area contributed by atoms with E-state index in [2.05, 4.69) is 33.0 Å². The molecule has 0 radical (unpaired) electrons. The third kappa shape index (κ3) is 5.03. The van der Waals surface area contributed by atoms with Crippen LogP contribution in [-0.2, 0) is 0 Å². The Bertz CT molecular complexity index is 730. The largest absolute Gasteiger partial charge is 0.489 e. The standard InChI is InChI=1S/C17H14BrFN2O2/c1-2-9-23-16-8-5-14(18)10-13(16)11-20-21-17(22)12-3-6-15(19)7-4-12/h2-8,10-11H,1,9H2,(H,21,22)/b20-11-. The highest BCUT2D eigenvalue weighted by molar-refractivity contribution is 9.10. The number of nitrogens with one attached hydrogen (secondary N) is 1. The fourth-order valence-electron chi connectivity index (χ4n) is 1.73. The predicted molar refractivity (Wildman–Crippen MR) is 91.3 cm³/mol. The number of hydrogen-bond donors (Lipinski definition) is 1. The van der Waals surface area contributed by atoms with E-state index in [0.717, 1.165) is 4.47 Å².